The molecule has 0 unspecified atom stereocenters. The average molecular weight is 228 g/mol. The third kappa shape index (κ3) is 3.24. The lowest BCUT2D eigenvalue weighted by Gasteiger charge is -2.01. The summed E-state index contributed by atoms with van der Waals surface area (Å²) in [5, 5.41) is 2.71. The first kappa shape index (κ1) is 11.0. The molecule has 0 aliphatic carbocycles. The van der Waals surface area contributed by atoms with E-state index in [0.717, 1.165) is 0 Å². The zero-order valence-electron chi connectivity index (χ0n) is 9.09. The monoisotopic (exact) mass is 228 g/mol. The van der Waals surface area contributed by atoms with Crippen molar-refractivity contribution in [1.29, 1.82) is 0 Å². The fraction of sp³-hybridized carbons (Fsp3) is 0. The second kappa shape index (κ2) is 5.03. The molecule has 1 aromatic carbocycles. The molecule has 2 rings (SSSR count). The number of hydrogen-bond donors (Lipinski definition) is 2. The van der Waals surface area contributed by atoms with Crippen LogP contribution < -0.4 is 11.1 Å². The van der Waals surface area contributed by atoms with Gasteiger partial charge in [-0.25, -0.2) is 0 Å². The third-order valence-corrected chi connectivity index (χ3v) is 2.12. The summed E-state index contributed by atoms with van der Waals surface area (Å²) in [6.45, 7) is 0. The number of amides is 1. The van der Waals surface area contributed by atoms with Crippen LogP contribution in [-0.4, -0.2) is 5.91 Å². The topological polar surface area (TPSA) is 68.3 Å². The van der Waals surface area contributed by atoms with E-state index in [2.05, 4.69) is 5.32 Å². The van der Waals surface area contributed by atoms with Crippen LogP contribution in [-0.2, 0) is 4.79 Å². The number of furan rings is 1. The Hall–Kier alpha value is -2.49. The number of nitrogen functional groups attached to an aromatic ring is 1. The van der Waals surface area contributed by atoms with Gasteiger partial charge in [-0.05, 0) is 42.5 Å². The van der Waals surface area contributed by atoms with Gasteiger partial charge in [0.05, 0.1) is 6.26 Å². The molecule has 0 saturated heterocycles. The molecule has 0 bridgehead atoms. The molecule has 3 N–H and O–H groups in total. The van der Waals surface area contributed by atoms with E-state index in [9.17, 15) is 4.79 Å². The van der Waals surface area contributed by atoms with Gasteiger partial charge in [-0.1, -0.05) is 0 Å². The summed E-state index contributed by atoms with van der Waals surface area (Å²) < 4.78 is 5.07. The molecule has 1 aromatic heterocycles. The number of carbonyl (C=O) groups excluding carboxylic acids is 1. The summed E-state index contributed by atoms with van der Waals surface area (Å²) in [4.78, 5) is 11.5. The van der Waals surface area contributed by atoms with Crippen molar-refractivity contribution in [2.24, 2.45) is 0 Å². The smallest absolute Gasteiger partial charge is 0.248 e. The molecule has 0 spiro atoms. The van der Waals surface area contributed by atoms with Gasteiger partial charge in [0.25, 0.3) is 0 Å². The summed E-state index contributed by atoms with van der Waals surface area (Å²) in [5.41, 5.74) is 6.90. The van der Waals surface area contributed by atoms with Gasteiger partial charge in [0.2, 0.25) is 5.91 Å². The van der Waals surface area contributed by atoms with E-state index in [-0.39, 0.29) is 5.91 Å². The molecule has 0 radical (unpaired) electrons. The quantitative estimate of drug-likeness (QED) is 0.626. The summed E-state index contributed by atoms with van der Waals surface area (Å²) in [6, 6.07) is 10.5. The first-order chi connectivity index (χ1) is 8.24. The number of benzene rings is 1. The second-order valence-corrected chi connectivity index (χ2v) is 3.46. The minimum absolute atomic E-state index is 0.217. The molecular formula is C13H12N2O2. The van der Waals surface area contributed by atoms with Crippen molar-refractivity contribution in [2.45, 2.75) is 0 Å². The molecule has 1 amide bonds. The van der Waals surface area contributed by atoms with Crippen LogP contribution >= 0.6 is 0 Å². The predicted molar refractivity (Wildman–Crippen MR) is 67.2 cm³/mol. The van der Waals surface area contributed by atoms with E-state index in [1.165, 1.54) is 6.08 Å². The van der Waals surface area contributed by atoms with Crippen molar-refractivity contribution in [3.05, 3.63) is 54.5 Å². The Bertz CT molecular complexity index is 513. The van der Waals surface area contributed by atoms with Crippen LogP contribution in [0.3, 0.4) is 0 Å². The standard InChI is InChI=1S/C13H12N2O2/c14-10-3-5-11(6-4-10)15-13(16)8-7-12-2-1-9-17-12/h1-9H,14H2,(H,15,16). The lowest BCUT2D eigenvalue weighted by Crippen LogP contribution is -2.07. The zero-order chi connectivity index (χ0) is 12.1. The Labute approximate surface area is 98.7 Å². The lowest BCUT2D eigenvalue weighted by molar-refractivity contribution is -0.111. The normalized spacial score (nSPS) is 10.6. The molecule has 2 aromatic rings. The van der Waals surface area contributed by atoms with Crippen LogP contribution in [0.4, 0.5) is 11.4 Å². The fourth-order valence-electron chi connectivity index (χ4n) is 1.29. The minimum atomic E-state index is -0.217. The van der Waals surface area contributed by atoms with Gasteiger partial charge < -0.3 is 15.5 Å². The van der Waals surface area contributed by atoms with E-state index in [1.807, 2.05) is 0 Å². The van der Waals surface area contributed by atoms with Crippen molar-refractivity contribution in [3.8, 4) is 0 Å². The van der Waals surface area contributed by atoms with Crippen molar-refractivity contribution in [1.82, 2.24) is 0 Å². The van der Waals surface area contributed by atoms with Crippen LogP contribution in [0.5, 0.6) is 0 Å². The van der Waals surface area contributed by atoms with E-state index in [1.54, 1.807) is 48.7 Å². The first-order valence-electron chi connectivity index (χ1n) is 5.12. The van der Waals surface area contributed by atoms with Gasteiger partial charge >= 0.3 is 0 Å². The maximum atomic E-state index is 11.5. The van der Waals surface area contributed by atoms with Crippen LogP contribution in [0.1, 0.15) is 5.76 Å². The van der Waals surface area contributed by atoms with Gasteiger partial charge in [-0.3, -0.25) is 4.79 Å². The maximum absolute atomic E-state index is 11.5. The van der Waals surface area contributed by atoms with Crippen molar-refractivity contribution in [3.63, 3.8) is 0 Å². The maximum Gasteiger partial charge on any atom is 0.248 e. The van der Waals surface area contributed by atoms with Crippen molar-refractivity contribution >= 4 is 23.4 Å². The zero-order valence-corrected chi connectivity index (χ0v) is 9.09. The first-order valence-corrected chi connectivity index (χ1v) is 5.12. The number of hydrogen-bond acceptors (Lipinski definition) is 3. The molecule has 4 heteroatoms. The molecule has 17 heavy (non-hydrogen) atoms. The fourth-order valence-corrected chi connectivity index (χ4v) is 1.29. The van der Waals surface area contributed by atoms with Crippen LogP contribution in [0.15, 0.2) is 53.2 Å². The van der Waals surface area contributed by atoms with E-state index in [0.29, 0.717) is 17.1 Å². The molecule has 0 atom stereocenters. The largest absolute Gasteiger partial charge is 0.465 e. The summed E-state index contributed by atoms with van der Waals surface area (Å²) in [6.07, 6.45) is 4.57. The minimum Gasteiger partial charge on any atom is -0.465 e. The number of nitrogens with one attached hydrogen (secondary N) is 1. The molecule has 4 nitrogen and oxygen atoms in total. The summed E-state index contributed by atoms with van der Waals surface area (Å²) in [7, 11) is 0. The Morgan fingerprint density at radius 2 is 2.00 bits per heavy atom. The Morgan fingerprint density at radius 3 is 2.65 bits per heavy atom. The van der Waals surface area contributed by atoms with Gasteiger partial charge in [0.1, 0.15) is 5.76 Å². The van der Waals surface area contributed by atoms with Crippen LogP contribution in [0.2, 0.25) is 0 Å². The van der Waals surface area contributed by atoms with Gasteiger partial charge in [-0.2, -0.15) is 0 Å². The third-order valence-electron chi connectivity index (χ3n) is 2.12. The molecule has 0 fully saturated rings. The van der Waals surface area contributed by atoms with Crippen molar-refractivity contribution in [2.75, 3.05) is 11.1 Å². The number of nitrogens with two attached hydrogens (primary N) is 1. The number of carbonyl (C=O) groups is 1. The highest BCUT2D eigenvalue weighted by atomic mass is 16.3. The van der Waals surface area contributed by atoms with E-state index < -0.39 is 0 Å². The van der Waals surface area contributed by atoms with Crippen LogP contribution in [0.25, 0.3) is 6.08 Å². The molecule has 0 aliphatic heterocycles. The van der Waals surface area contributed by atoms with Gasteiger partial charge in [-0.15, -0.1) is 0 Å². The second-order valence-electron chi connectivity index (χ2n) is 3.46. The molecular weight excluding hydrogens is 216 g/mol. The van der Waals surface area contributed by atoms with E-state index in [4.69, 9.17) is 10.2 Å². The van der Waals surface area contributed by atoms with Crippen LogP contribution in [0, 0.1) is 0 Å². The Balaban J connectivity index is 1.95. The lowest BCUT2D eigenvalue weighted by atomic mass is 10.3. The van der Waals surface area contributed by atoms with Gasteiger partial charge in [0, 0.05) is 17.5 Å². The SMILES string of the molecule is Nc1ccc(NC(=O)C=Cc2ccco2)cc1. The summed E-state index contributed by atoms with van der Waals surface area (Å²) >= 11 is 0. The molecule has 0 saturated carbocycles. The highest BCUT2D eigenvalue weighted by Gasteiger charge is 1.97. The average Bonchev–Trinajstić information content (AvgIpc) is 2.83. The predicted octanol–water partition coefficient (Wildman–Crippen LogP) is 2.51. The molecule has 86 valence electrons. The highest BCUT2D eigenvalue weighted by molar-refractivity contribution is 6.01. The van der Waals surface area contributed by atoms with Crippen molar-refractivity contribution < 1.29 is 9.21 Å². The van der Waals surface area contributed by atoms with E-state index >= 15 is 0 Å². The summed E-state index contributed by atoms with van der Waals surface area (Å²) in [5.74, 6) is 0.420. The molecule has 0 aliphatic rings. The molecule has 1 heterocycles. The van der Waals surface area contributed by atoms with Gasteiger partial charge in [0.15, 0.2) is 0 Å². The number of anilines is 2. The highest BCUT2D eigenvalue weighted by Crippen LogP contribution is 2.10. The number of rotatable bonds is 3. The Kier molecular flexibility index (Phi) is 3.25. The Morgan fingerprint density at radius 1 is 1.24 bits per heavy atom.